The Morgan fingerprint density at radius 3 is 2.65 bits per heavy atom. The Labute approximate surface area is 163 Å². The number of nitrogens with zero attached hydrogens (tertiary/aromatic N) is 2. The summed E-state index contributed by atoms with van der Waals surface area (Å²) in [5.74, 6) is -0.423. The Bertz CT molecular complexity index is 1030. The second kappa shape index (κ2) is 8.01. The molecular formula is C19H16BrClN2O3. The number of aromatic nitrogens is 2. The minimum atomic E-state index is -0.657. The van der Waals surface area contributed by atoms with Crippen LogP contribution in [0.5, 0.6) is 5.75 Å². The maximum Gasteiger partial charge on any atom is 0.364 e. The molecule has 1 aromatic heterocycles. The Morgan fingerprint density at radius 2 is 1.96 bits per heavy atom. The number of ether oxygens (including phenoxy) is 1. The van der Waals surface area contributed by atoms with Gasteiger partial charge in [0.25, 0.3) is 5.56 Å². The van der Waals surface area contributed by atoms with E-state index in [0.29, 0.717) is 22.3 Å². The molecule has 26 heavy (non-hydrogen) atoms. The van der Waals surface area contributed by atoms with Crippen molar-refractivity contribution < 1.29 is 9.53 Å². The Balaban J connectivity index is 2.06. The highest BCUT2D eigenvalue weighted by atomic mass is 79.9. The minimum Gasteiger partial charge on any atom is -0.420 e. The van der Waals surface area contributed by atoms with Crippen LogP contribution in [0.15, 0.2) is 51.7 Å². The Morgan fingerprint density at radius 1 is 1.23 bits per heavy atom. The second-order valence-electron chi connectivity index (χ2n) is 5.74. The Hall–Kier alpha value is -2.18. The molecule has 0 bridgehead atoms. The number of aryl methyl sites for hydroxylation is 1. The van der Waals surface area contributed by atoms with E-state index in [-0.39, 0.29) is 17.0 Å². The van der Waals surface area contributed by atoms with Crippen LogP contribution in [0.3, 0.4) is 0 Å². The molecule has 0 unspecified atom stereocenters. The van der Waals surface area contributed by atoms with Crippen molar-refractivity contribution in [3.8, 4) is 5.75 Å². The summed E-state index contributed by atoms with van der Waals surface area (Å²) in [7, 11) is 0. The number of carbonyl (C=O) groups excluding carboxylic acids is 1. The van der Waals surface area contributed by atoms with Gasteiger partial charge in [-0.1, -0.05) is 59.1 Å². The van der Waals surface area contributed by atoms with Gasteiger partial charge >= 0.3 is 5.97 Å². The van der Waals surface area contributed by atoms with Crippen LogP contribution in [-0.4, -0.2) is 15.7 Å². The van der Waals surface area contributed by atoms with E-state index in [9.17, 15) is 9.59 Å². The molecule has 1 heterocycles. The fraction of sp³-hybridized carbons (Fsp3) is 0.211. The molecule has 2 aromatic carbocycles. The number of fused-ring (bicyclic) bond motifs is 1. The number of unbranched alkanes of at least 4 members (excludes halogenated alkanes) is 1. The van der Waals surface area contributed by atoms with E-state index in [1.54, 1.807) is 42.5 Å². The fourth-order valence-corrected chi connectivity index (χ4v) is 3.26. The predicted molar refractivity (Wildman–Crippen MR) is 105 cm³/mol. The molecule has 0 amide bonds. The first-order chi connectivity index (χ1) is 12.5. The van der Waals surface area contributed by atoms with Crippen LogP contribution in [0.25, 0.3) is 10.8 Å². The highest BCUT2D eigenvalue weighted by Crippen LogP contribution is 2.28. The van der Waals surface area contributed by atoms with Crippen molar-refractivity contribution >= 4 is 44.3 Å². The normalized spacial score (nSPS) is 10.9. The van der Waals surface area contributed by atoms with Gasteiger partial charge in [0.15, 0.2) is 5.69 Å². The molecule has 0 aliphatic carbocycles. The molecule has 0 aliphatic heterocycles. The van der Waals surface area contributed by atoms with Gasteiger partial charge in [0.05, 0.1) is 10.4 Å². The SMILES string of the molecule is CCCCn1nc(C(=O)Oc2ccc(Br)cc2Cl)c2ccccc2c1=O. The van der Waals surface area contributed by atoms with Gasteiger partial charge in [-0.15, -0.1) is 0 Å². The van der Waals surface area contributed by atoms with Crippen molar-refractivity contribution in [2.24, 2.45) is 0 Å². The zero-order valence-electron chi connectivity index (χ0n) is 14.0. The number of carbonyl (C=O) groups is 1. The van der Waals surface area contributed by atoms with Crippen molar-refractivity contribution in [3.63, 3.8) is 0 Å². The van der Waals surface area contributed by atoms with Gasteiger partial charge < -0.3 is 4.74 Å². The van der Waals surface area contributed by atoms with E-state index in [0.717, 1.165) is 17.3 Å². The first-order valence-electron chi connectivity index (χ1n) is 8.18. The first kappa shape index (κ1) is 18.6. The maximum atomic E-state index is 12.7. The zero-order chi connectivity index (χ0) is 18.7. The lowest BCUT2D eigenvalue weighted by molar-refractivity contribution is 0.0728. The third-order valence-corrected chi connectivity index (χ3v) is 4.67. The lowest BCUT2D eigenvalue weighted by Gasteiger charge is -2.11. The number of rotatable bonds is 5. The lowest BCUT2D eigenvalue weighted by Crippen LogP contribution is -2.27. The van der Waals surface area contributed by atoms with Crippen LogP contribution in [0.1, 0.15) is 30.3 Å². The van der Waals surface area contributed by atoms with E-state index in [2.05, 4.69) is 21.0 Å². The molecule has 0 atom stereocenters. The molecule has 0 radical (unpaired) electrons. The standard InChI is InChI=1S/C19H16BrClN2O3/c1-2-3-10-23-18(24)14-7-5-4-6-13(14)17(22-23)19(25)26-16-9-8-12(20)11-15(16)21/h4-9,11H,2-3,10H2,1H3. The largest absolute Gasteiger partial charge is 0.420 e. The van der Waals surface area contributed by atoms with Crippen LogP contribution in [0.2, 0.25) is 5.02 Å². The van der Waals surface area contributed by atoms with Crippen LogP contribution >= 0.6 is 27.5 Å². The molecule has 0 fully saturated rings. The topological polar surface area (TPSA) is 61.2 Å². The van der Waals surface area contributed by atoms with Crippen molar-refractivity contribution in [2.45, 2.75) is 26.3 Å². The summed E-state index contributed by atoms with van der Waals surface area (Å²) in [4.78, 5) is 25.3. The van der Waals surface area contributed by atoms with Gasteiger partial charge in [-0.05, 0) is 30.7 Å². The molecule has 0 N–H and O–H groups in total. The van der Waals surface area contributed by atoms with Crippen molar-refractivity contribution in [1.29, 1.82) is 0 Å². The summed E-state index contributed by atoms with van der Waals surface area (Å²) >= 11 is 9.43. The summed E-state index contributed by atoms with van der Waals surface area (Å²) in [6.45, 7) is 2.47. The Kier molecular flexibility index (Phi) is 5.74. The summed E-state index contributed by atoms with van der Waals surface area (Å²) in [6.07, 6.45) is 1.70. The average Bonchev–Trinajstić information content (AvgIpc) is 2.63. The number of hydrogen-bond donors (Lipinski definition) is 0. The summed E-state index contributed by atoms with van der Waals surface area (Å²) in [5.41, 5.74) is -0.123. The van der Waals surface area contributed by atoms with Gasteiger partial charge in [0.2, 0.25) is 0 Å². The van der Waals surface area contributed by atoms with Crippen molar-refractivity contribution in [2.75, 3.05) is 0 Å². The highest BCUT2D eigenvalue weighted by Gasteiger charge is 2.19. The molecule has 3 aromatic rings. The van der Waals surface area contributed by atoms with E-state index in [1.165, 1.54) is 4.68 Å². The second-order valence-corrected chi connectivity index (χ2v) is 7.06. The molecule has 5 nitrogen and oxygen atoms in total. The molecule has 0 saturated carbocycles. The quantitative estimate of drug-likeness (QED) is 0.425. The fourth-order valence-electron chi connectivity index (χ4n) is 2.55. The van der Waals surface area contributed by atoms with Gasteiger partial charge in [-0.2, -0.15) is 5.10 Å². The van der Waals surface area contributed by atoms with E-state index >= 15 is 0 Å². The van der Waals surface area contributed by atoms with E-state index < -0.39 is 5.97 Å². The minimum absolute atomic E-state index is 0.0929. The number of benzene rings is 2. The molecule has 0 spiro atoms. The highest BCUT2D eigenvalue weighted by molar-refractivity contribution is 9.10. The van der Waals surface area contributed by atoms with Crippen LogP contribution in [0.4, 0.5) is 0 Å². The average molecular weight is 436 g/mol. The maximum absolute atomic E-state index is 12.7. The summed E-state index contributed by atoms with van der Waals surface area (Å²) in [6, 6.07) is 11.8. The van der Waals surface area contributed by atoms with E-state index in [1.807, 2.05) is 6.92 Å². The molecule has 0 aliphatic rings. The van der Waals surface area contributed by atoms with Crippen LogP contribution in [0, 0.1) is 0 Å². The summed E-state index contributed by atoms with van der Waals surface area (Å²) < 4.78 is 7.53. The van der Waals surface area contributed by atoms with E-state index in [4.69, 9.17) is 16.3 Å². The third kappa shape index (κ3) is 3.81. The van der Waals surface area contributed by atoms with Crippen molar-refractivity contribution in [3.05, 3.63) is 68.0 Å². The molecule has 7 heteroatoms. The molecular weight excluding hydrogens is 420 g/mol. The number of halogens is 2. The summed E-state index contributed by atoms with van der Waals surface area (Å²) in [5, 5.41) is 5.46. The smallest absolute Gasteiger partial charge is 0.364 e. The van der Waals surface area contributed by atoms with Crippen molar-refractivity contribution in [1.82, 2.24) is 9.78 Å². The predicted octanol–water partition coefficient (Wildman–Crippen LogP) is 4.83. The van der Waals surface area contributed by atoms with Gasteiger partial charge in [-0.3, -0.25) is 4.79 Å². The van der Waals surface area contributed by atoms with Crippen LogP contribution < -0.4 is 10.3 Å². The van der Waals surface area contributed by atoms with Gasteiger partial charge in [0.1, 0.15) is 5.75 Å². The lowest BCUT2D eigenvalue weighted by atomic mass is 10.1. The molecule has 134 valence electrons. The number of hydrogen-bond acceptors (Lipinski definition) is 4. The first-order valence-corrected chi connectivity index (χ1v) is 9.35. The van der Waals surface area contributed by atoms with Gasteiger partial charge in [0, 0.05) is 16.4 Å². The molecule has 3 rings (SSSR count). The molecule has 0 saturated heterocycles. The monoisotopic (exact) mass is 434 g/mol. The zero-order valence-corrected chi connectivity index (χ0v) is 16.4. The number of esters is 1. The van der Waals surface area contributed by atoms with Gasteiger partial charge in [-0.25, -0.2) is 9.48 Å². The third-order valence-electron chi connectivity index (χ3n) is 3.88. The van der Waals surface area contributed by atoms with Crippen LogP contribution in [-0.2, 0) is 6.54 Å².